The zero-order chi connectivity index (χ0) is 39.6. The monoisotopic (exact) mass is 781 g/mol. The lowest BCUT2D eigenvalue weighted by molar-refractivity contribution is -0.146. The van der Waals surface area contributed by atoms with Gasteiger partial charge in [-0.2, -0.15) is 0 Å². The second-order valence-corrected chi connectivity index (χ2v) is 15.4. The van der Waals surface area contributed by atoms with Crippen LogP contribution in [0.15, 0.2) is 194 Å². The summed E-state index contributed by atoms with van der Waals surface area (Å²) in [5.41, 5.74) is 9.44. The Kier molecular flexibility index (Phi) is 12.0. The van der Waals surface area contributed by atoms with Gasteiger partial charge in [0.2, 0.25) is 0 Å². The Bertz CT molecular complexity index is 2280. The van der Waals surface area contributed by atoms with Gasteiger partial charge in [0, 0.05) is 11.7 Å². The van der Waals surface area contributed by atoms with Crippen molar-refractivity contribution in [1.82, 2.24) is 5.32 Å². The summed E-state index contributed by atoms with van der Waals surface area (Å²) in [7, 11) is 0. The Labute approximate surface area is 343 Å². The molecule has 0 fully saturated rings. The molecule has 7 heteroatoms. The lowest BCUT2D eigenvalue weighted by Gasteiger charge is -2.36. The fraction of sp³-hybridized carbons (Fsp3) is 0.137. The van der Waals surface area contributed by atoms with Crippen LogP contribution in [0.25, 0.3) is 11.1 Å². The molecule has 288 valence electrons. The molecule has 1 aliphatic rings. The second kappa shape index (κ2) is 18.1. The summed E-state index contributed by atoms with van der Waals surface area (Å²) in [5.74, 6) is 0.308. The predicted octanol–water partition coefficient (Wildman–Crippen LogP) is 10.9. The molecular formula is C51H43NO5S. The van der Waals surface area contributed by atoms with Crippen molar-refractivity contribution in [2.75, 3.05) is 12.4 Å². The van der Waals surface area contributed by atoms with Crippen LogP contribution in [0.4, 0.5) is 4.79 Å². The number of hydrogen-bond acceptors (Lipinski definition) is 6. The van der Waals surface area contributed by atoms with Gasteiger partial charge in [-0.15, -0.1) is 11.8 Å². The van der Waals surface area contributed by atoms with E-state index in [9.17, 15) is 9.59 Å². The number of alkyl carbamates (subject to hydrolysis) is 1. The molecule has 6 nitrogen and oxygen atoms in total. The van der Waals surface area contributed by atoms with E-state index >= 15 is 0 Å². The van der Waals surface area contributed by atoms with Crippen molar-refractivity contribution in [1.29, 1.82) is 0 Å². The molecule has 7 aromatic carbocycles. The van der Waals surface area contributed by atoms with E-state index in [1.807, 2.05) is 133 Å². The van der Waals surface area contributed by atoms with Crippen LogP contribution < -0.4 is 10.1 Å². The van der Waals surface area contributed by atoms with Crippen LogP contribution in [0, 0.1) is 0 Å². The first kappa shape index (κ1) is 38.3. The highest BCUT2D eigenvalue weighted by Gasteiger charge is 2.39. The van der Waals surface area contributed by atoms with Gasteiger partial charge in [0.25, 0.3) is 0 Å². The molecule has 0 unspecified atom stereocenters. The van der Waals surface area contributed by atoms with E-state index in [-0.39, 0.29) is 24.9 Å². The van der Waals surface area contributed by atoms with Crippen LogP contribution in [-0.2, 0) is 32.2 Å². The number of ether oxygens (including phenoxy) is 3. The Morgan fingerprint density at radius 2 is 0.983 bits per heavy atom. The summed E-state index contributed by atoms with van der Waals surface area (Å²) in [4.78, 5) is 28.0. The van der Waals surface area contributed by atoms with Gasteiger partial charge in [0.15, 0.2) is 0 Å². The standard InChI is InChI=1S/C51H43NO5S/c53-49(56-34-38-31-29-37(30-32-38)33-55-42-23-11-4-12-24-42)48(52-50(54)57-35-47-45-27-15-13-25-43(45)44-26-14-16-28-46(44)47)36-58-51(39-17-5-1-6-18-39,40-19-7-2-8-20-40)41-21-9-3-10-22-41/h1-32,47-48H,33-36H2,(H,52,54)/t48-/m1/s1. The Hall–Kier alpha value is -6.57. The van der Waals surface area contributed by atoms with Crippen LogP contribution in [0.1, 0.15) is 44.9 Å². The number of nitrogens with one attached hydrogen (secondary N) is 1. The molecule has 0 aromatic heterocycles. The maximum atomic E-state index is 14.2. The molecule has 1 aliphatic carbocycles. The number of carbonyl (C=O) groups excluding carboxylic acids is 2. The number of esters is 1. The minimum absolute atomic E-state index is 0.0351. The maximum Gasteiger partial charge on any atom is 0.407 e. The van der Waals surface area contributed by atoms with Gasteiger partial charge in [0.05, 0.1) is 4.75 Å². The van der Waals surface area contributed by atoms with Crippen LogP contribution in [0.3, 0.4) is 0 Å². The third-order valence-corrected chi connectivity index (χ3v) is 12.1. The van der Waals surface area contributed by atoms with Gasteiger partial charge in [0.1, 0.15) is 31.6 Å². The molecule has 0 spiro atoms. The van der Waals surface area contributed by atoms with Gasteiger partial charge in [-0.3, -0.25) is 0 Å². The first-order valence-electron chi connectivity index (χ1n) is 19.4. The highest BCUT2D eigenvalue weighted by atomic mass is 32.2. The van der Waals surface area contributed by atoms with Crippen LogP contribution in [0.2, 0.25) is 0 Å². The van der Waals surface area contributed by atoms with E-state index < -0.39 is 22.9 Å². The maximum absolute atomic E-state index is 14.2. The van der Waals surface area contributed by atoms with Crippen LogP contribution in [-0.4, -0.2) is 30.5 Å². The highest BCUT2D eigenvalue weighted by Crippen LogP contribution is 2.49. The molecule has 1 atom stereocenters. The number of carbonyl (C=O) groups is 2. The number of amides is 1. The van der Waals surface area contributed by atoms with Gasteiger partial charge in [-0.1, -0.05) is 182 Å². The van der Waals surface area contributed by atoms with Gasteiger partial charge < -0.3 is 19.5 Å². The fourth-order valence-electron chi connectivity index (χ4n) is 7.60. The Morgan fingerprint density at radius 1 is 0.534 bits per heavy atom. The highest BCUT2D eigenvalue weighted by molar-refractivity contribution is 8.00. The summed E-state index contributed by atoms with van der Waals surface area (Å²) in [6, 6.07) is 63.6. The number of para-hydroxylation sites is 1. The largest absolute Gasteiger partial charge is 0.489 e. The van der Waals surface area contributed by atoms with E-state index in [4.69, 9.17) is 14.2 Å². The topological polar surface area (TPSA) is 73.9 Å². The number of fused-ring (bicyclic) bond motifs is 3. The van der Waals surface area contributed by atoms with Crippen LogP contribution >= 0.6 is 11.8 Å². The third-order valence-electron chi connectivity index (χ3n) is 10.5. The molecule has 0 aliphatic heterocycles. The quantitative estimate of drug-likeness (QED) is 0.0825. The molecule has 0 bridgehead atoms. The third kappa shape index (κ3) is 8.55. The molecule has 0 radical (unpaired) electrons. The van der Waals surface area contributed by atoms with E-state index in [1.54, 1.807) is 11.8 Å². The lowest BCUT2D eigenvalue weighted by Crippen LogP contribution is -2.45. The van der Waals surface area contributed by atoms with E-state index in [2.05, 4.69) is 66.0 Å². The predicted molar refractivity (Wildman–Crippen MR) is 231 cm³/mol. The first-order chi connectivity index (χ1) is 28.6. The first-order valence-corrected chi connectivity index (χ1v) is 20.4. The average molecular weight is 782 g/mol. The molecular weight excluding hydrogens is 739 g/mol. The molecule has 1 N–H and O–H groups in total. The van der Waals surface area contributed by atoms with E-state index in [0.717, 1.165) is 55.8 Å². The van der Waals surface area contributed by atoms with E-state index in [1.165, 1.54) is 0 Å². The normalized spacial score (nSPS) is 12.5. The molecule has 8 rings (SSSR count). The summed E-state index contributed by atoms with van der Waals surface area (Å²) in [6.45, 7) is 0.573. The molecule has 0 saturated carbocycles. The van der Waals surface area contributed by atoms with Crippen molar-refractivity contribution in [3.8, 4) is 16.9 Å². The number of benzene rings is 7. The Morgan fingerprint density at radius 3 is 1.50 bits per heavy atom. The Balaban J connectivity index is 1.03. The van der Waals surface area contributed by atoms with Gasteiger partial charge in [-0.25, -0.2) is 9.59 Å². The van der Waals surface area contributed by atoms with Crippen molar-refractivity contribution in [3.63, 3.8) is 0 Å². The fourth-order valence-corrected chi connectivity index (χ4v) is 9.14. The minimum atomic E-state index is -1.03. The summed E-state index contributed by atoms with van der Waals surface area (Å²) < 4.78 is 17.1. The van der Waals surface area contributed by atoms with Gasteiger partial charge >= 0.3 is 12.1 Å². The molecule has 7 aromatic rings. The number of thioether (sulfide) groups is 1. The van der Waals surface area contributed by atoms with Crippen molar-refractivity contribution in [3.05, 3.63) is 233 Å². The zero-order valence-electron chi connectivity index (χ0n) is 31.9. The molecule has 0 heterocycles. The van der Waals surface area contributed by atoms with Crippen molar-refractivity contribution in [2.24, 2.45) is 0 Å². The van der Waals surface area contributed by atoms with Crippen molar-refractivity contribution >= 4 is 23.8 Å². The van der Waals surface area contributed by atoms with Gasteiger partial charge in [-0.05, 0) is 62.2 Å². The second-order valence-electron chi connectivity index (χ2n) is 14.1. The lowest BCUT2D eigenvalue weighted by atomic mass is 9.84. The molecule has 58 heavy (non-hydrogen) atoms. The average Bonchev–Trinajstić information content (AvgIpc) is 3.61. The smallest absolute Gasteiger partial charge is 0.407 e. The summed E-state index contributed by atoms with van der Waals surface area (Å²) in [6.07, 6.45) is -0.683. The number of hydrogen-bond donors (Lipinski definition) is 1. The van der Waals surface area contributed by atoms with E-state index in [0.29, 0.717) is 6.61 Å². The SMILES string of the molecule is O=C(N[C@H](CSC(c1ccccc1)(c1ccccc1)c1ccccc1)C(=O)OCc1ccc(COc2ccccc2)cc1)OCC1c2ccccc2-c2ccccc21. The zero-order valence-corrected chi connectivity index (χ0v) is 32.7. The van der Waals surface area contributed by atoms with Crippen molar-refractivity contribution < 1.29 is 23.8 Å². The molecule has 1 amide bonds. The summed E-state index contributed by atoms with van der Waals surface area (Å²) in [5, 5.41) is 2.92. The van der Waals surface area contributed by atoms with Crippen molar-refractivity contribution in [2.45, 2.75) is 29.9 Å². The summed E-state index contributed by atoms with van der Waals surface area (Å²) >= 11 is 1.57. The van der Waals surface area contributed by atoms with Crippen LogP contribution in [0.5, 0.6) is 5.75 Å². The minimum Gasteiger partial charge on any atom is -0.489 e. The number of rotatable bonds is 15. The molecule has 0 saturated heterocycles.